The van der Waals surface area contributed by atoms with Gasteiger partial charge in [0.25, 0.3) is 0 Å². The second-order valence-electron chi connectivity index (χ2n) is 13.5. The van der Waals surface area contributed by atoms with Crippen molar-refractivity contribution in [3.63, 3.8) is 0 Å². The Hall–Kier alpha value is -3.56. The highest BCUT2D eigenvalue weighted by molar-refractivity contribution is 5.76. The molecule has 0 unspecified atom stereocenters. The summed E-state index contributed by atoms with van der Waals surface area (Å²) < 4.78 is 17.5. The maximum atomic E-state index is 12.7. The molecule has 0 aliphatic carbocycles. The normalized spacial score (nSPS) is 23.0. The molecule has 2 aliphatic rings. The van der Waals surface area contributed by atoms with Crippen LogP contribution >= 0.6 is 0 Å². The average Bonchev–Trinajstić information content (AvgIpc) is 3.51. The molecule has 13 nitrogen and oxygen atoms in total. The van der Waals surface area contributed by atoms with E-state index in [1.54, 1.807) is 0 Å². The maximum Gasteiger partial charge on any atom is 0.238 e. The standard InChI is InChI=1S/C37H53N5O8/c1-24(2)32-29(36(40-39-32)50-37-35(47)34(46)33(45)30(23-43)49-37)21-27-10-11-28(20-25(27)3)48-19-7-13-38-14-12-31(44)42-17-15-41(16-18-42)22-26-8-5-4-6-9-26/h4-6,8-11,20,24,30,33-35,37-38,43,45-47H,7,12-19,21-23H2,1-3H3,(H,39,40)/t30-,33-,34+,35-,37+/m1/s1. The number of hydrogen-bond acceptors (Lipinski definition) is 11. The molecule has 5 rings (SSSR count). The fourth-order valence-electron chi connectivity index (χ4n) is 6.39. The number of amides is 1. The van der Waals surface area contributed by atoms with E-state index in [0.29, 0.717) is 26.0 Å². The summed E-state index contributed by atoms with van der Waals surface area (Å²) in [5, 5.41) is 51.1. The summed E-state index contributed by atoms with van der Waals surface area (Å²) in [6, 6.07) is 16.4. The molecule has 274 valence electrons. The van der Waals surface area contributed by atoms with Gasteiger partial charge >= 0.3 is 0 Å². The molecule has 5 atom stereocenters. The lowest BCUT2D eigenvalue weighted by Gasteiger charge is -2.39. The highest BCUT2D eigenvalue weighted by Crippen LogP contribution is 2.32. The van der Waals surface area contributed by atoms with Gasteiger partial charge in [-0.05, 0) is 54.6 Å². The second kappa shape index (κ2) is 18.1. The van der Waals surface area contributed by atoms with E-state index in [-0.39, 0.29) is 17.7 Å². The molecule has 2 aliphatic heterocycles. The van der Waals surface area contributed by atoms with E-state index in [9.17, 15) is 25.2 Å². The molecule has 1 amide bonds. The third-order valence-corrected chi connectivity index (χ3v) is 9.45. The van der Waals surface area contributed by atoms with Crippen LogP contribution in [0.3, 0.4) is 0 Å². The largest absolute Gasteiger partial charge is 0.494 e. The number of benzene rings is 2. The Morgan fingerprint density at radius 2 is 1.80 bits per heavy atom. The number of aliphatic hydroxyl groups excluding tert-OH is 4. The van der Waals surface area contributed by atoms with Crippen LogP contribution in [-0.4, -0.2) is 130 Å². The van der Waals surface area contributed by atoms with Crippen molar-refractivity contribution in [1.82, 2.24) is 25.3 Å². The summed E-state index contributed by atoms with van der Waals surface area (Å²) in [4.78, 5) is 17.1. The van der Waals surface area contributed by atoms with Crippen LogP contribution in [0.15, 0.2) is 48.5 Å². The molecule has 2 fully saturated rings. The molecule has 0 spiro atoms. The minimum Gasteiger partial charge on any atom is -0.494 e. The zero-order valence-electron chi connectivity index (χ0n) is 29.3. The SMILES string of the molecule is Cc1cc(OCCCNCCC(=O)N2CCN(Cc3ccccc3)CC2)ccc1Cc1c(O[C@@H]2O[C@H](CO)[C@@H](O)[C@H](O)[C@H]2O)n[nH]c1C(C)C. The molecule has 2 saturated heterocycles. The number of piperazine rings is 1. The van der Waals surface area contributed by atoms with Crippen LogP contribution in [0.25, 0.3) is 0 Å². The second-order valence-corrected chi connectivity index (χ2v) is 13.5. The minimum atomic E-state index is -1.55. The molecule has 0 bridgehead atoms. The van der Waals surface area contributed by atoms with E-state index in [1.165, 1.54) is 5.56 Å². The molecule has 1 aromatic heterocycles. The van der Waals surface area contributed by atoms with E-state index in [4.69, 9.17) is 14.2 Å². The van der Waals surface area contributed by atoms with Gasteiger partial charge in [-0.2, -0.15) is 0 Å². The van der Waals surface area contributed by atoms with Crippen LogP contribution in [0, 0.1) is 6.92 Å². The molecule has 2 aromatic carbocycles. The van der Waals surface area contributed by atoms with Gasteiger partial charge in [0.2, 0.25) is 18.1 Å². The van der Waals surface area contributed by atoms with Gasteiger partial charge in [0, 0.05) is 63.4 Å². The topological polar surface area (TPSA) is 173 Å². The molecule has 0 saturated carbocycles. The van der Waals surface area contributed by atoms with Crippen LogP contribution in [0.5, 0.6) is 11.6 Å². The van der Waals surface area contributed by atoms with Gasteiger partial charge in [-0.3, -0.25) is 14.8 Å². The molecule has 50 heavy (non-hydrogen) atoms. The summed E-state index contributed by atoms with van der Waals surface area (Å²) in [6.07, 6.45) is -5.19. The Balaban J connectivity index is 1.03. The lowest BCUT2D eigenvalue weighted by atomic mass is 9.96. The number of hydrogen-bond donors (Lipinski definition) is 6. The zero-order chi connectivity index (χ0) is 35.6. The summed E-state index contributed by atoms with van der Waals surface area (Å²) in [5.74, 6) is 1.28. The smallest absolute Gasteiger partial charge is 0.238 e. The van der Waals surface area contributed by atoms with Crippen molar-refractivity contribution >= 4 is 5.91 Å². The quantitative estimate of drug-likeness (QED) is 0.121. The number of rotatable bonds is 16. The third-order valence-electron chi connectivity index (χ3n) is 9.45. The van der Waals surface area contributed by atoms with Crippen molar-refractivity contribution < 1.29 is 39.4 Å². The van der Waals surface area contributed by atoms with Crippen molar-refractivity contribution in [2.75, 3.05) is 52.5 Å². The van der Waals surface area contributed by atoms with Gasteiger partial charge in [-0.15, -0.1) is 5.10 Å². The first-order chi connectivity index (χ1) is 24.1. The number of aliphatic hydroxyl groups is 4. The number of aromatic nitrogens is 2. The van der Waals surface area contributed by atoms with Gasteiger partial charge in [0.15, 0.2) is 0 Å². The summed E-state index contributed by atoms with van der Waals surface area (Å²) in [5.41, 5.74) is 5.00. The van der Waals surface area contributed by atoms with Crippen molar-refractivity contribution in [3.05, 3.63) is 76.5 Å². The first-order valence-corrected chi connectivity index (χ1v) is 17.7. The number of carbonyl (C=O) groups excluding carboxylic acids is 1. The molecule has 3 heterocycles. The highest BCUT2D eigenvalue weighted by atomic mass is 16.7. The Kier molecular flexibility index (Phi) is 13.6. The number of nitrogens with zero attached hydrogens (tertiary/aromatic N) is 3. The van der Waals surface area contributed by atoms with Gasteiger partial charge in [-0.1, -0.05) is 50.2 Å². The number of aromatic amines is 1. The first kappa shape index (κ1) is 37.7. The Labute approximate surface area is 294 Å². The summed E-state index contributed by atoms with van der Waals surface area (Å²) in [6.45, 7) is 11.7. The van der Waals surface area contributed by atoms with Crippen molar-refractivity contribution in [2.24, 2.45) is 0 Å². The average molecular weight is 696 g/mol. The molecule has 6 N–H and O–H groups in total. The number of nitrogens with one attached hydrogen (secondary N) is 2. The number of ether oxygens (including phenoxy) is 3. The van der Waals surface area contributed by atoms with Crippen LogP contribution in [-0.2, 0) is 22.5 Å². The number of carbonyl (C=O) groups is 1. The van der Waals surface area contributed by atoms with E-state index < -0.39 is 37.3 Å². The van der Waals surface area contributed by atoms with Crippen LogP contribution in [0.2, 0.25) is 0 Å². The van der Waals surface area contributed by atoms with Gasteiger partial charge < -0.3 is 44.9 Å². The molecule has 13 heteroatoms. The first-order valence-electron chi connectivity index (χ1n) is 17.7. The van der Waals surface area contributed by atoms with Crippen molar-refractivity contribution in [2.45, 2.75) is 83.2 Å². The van der Waals surface area contributed by atoms with Crippen molar-refractivity contribution in [3.8, 4) is 11.6 Å². The number of aryl methyl sites for hydroxylation is 1. The minimum absolute atomic E-state index is 0.0974. The van der Waals surface area contributed by atoms with Gasteiger partial charge in [0.1, 0.15) is 30.2 Å². The van der Waals surface area contributed by atoms with Crippen LogP contribution < -0.4 is 14.8 Å². The Morgan fingerprint density at radius 3 is 2.50 bits per heavy atom. The summed E-state index contributed by atoms with van der Waals surface area (Å²) >= 11 is 0. The molecule has 3 aromatic rings. The Bertz CT molecular complexity index is 1490. The van der Waals surface area contributed by atoms with Crippen LogP contribution in [0.1, 0.15) is 60.6 Å². The lowest BCUT2D eigenvalue weighted by molar-refractivity contribution is -0.278. The molecule has 0 radical (unpaired) electrons. The van der Waals surface area contributed by atoms with Gasteiger partial charge in [-0.25, -0.2) is 0 Å². The van der Waals surface area contributed by atoms with Crippen molar-refractivity contribution in [1.29, 1.82) is 0 Å². The van der Waals surface area contributed by atoms with E-state index in [2.05, 4.69) is 44.7 Å². The Morgan fingerprint density at radius 1 is 1.04 bits per heavy atom. The molecular weight excluding hydrogens is 642 g/mol. The zero-order valence-corrected chi connectivity index (χ0v) is 29.3. The van der Waals surface area contributed by atoms with E-state index in [1.807, 2.05) is 49.9 Å². The van der Waals surface area contributed by atoms with E-state index in [0.717, 1.165) is 73.8 Å². The summed E-state index contributed by atoms with van der Waals surface area (Å²) in [7, 11) is 0. The van der Waals surface area contributed by atoms with Gasteiger partial charge in [0.05, 0.1) is 13.2 Å². The lowest BCUT2D eigenvalue weighted by Crippen LogP contribution is -2.60. The predicted molar refractivity (Wildman–Crippen MR) is 187 cm³/mol. The van der Waals surface area contributed by atoms with Crippen LogP contribution in [0.4, 0.5) is 0 Å². The third kappa shape index (κ3) is 9.81. The fraction of sp³-hybridized carbons (Fsp3) is 0.568. The predicted octanol–water partition coefficient (Wildman–Crippen LogP) is 1.70. The maximum absolute atomic E-state index is 12.7. The highest BCUT2D eigenvalue weighted by Gasteiger charge is 2.45. The molecular formula is C37H53N5O8. The van der Waals surface area contributed by atoms with E-state index >= 15 is 0 Å². The number of H-pyrrole nitrogens is 1. The fourth-order valence-corrected chi connectivity index (χ4v) is 6.39. The monoisotopic (exact) mass is 695 g/mol.